The fraction of sp³-hybridized carbons (Fsp3) is 0.350. The third-order valence-electron chi connectivity index (χ3n) is 4.18. The van der Waals surface area contributed by atoms with Crippen molar-refractivity contribution in [1.29, 1.82) is 0 Å². The summed E-state index contributed by atoms with van der Waals surface area (Å²) in [6.07, 6.45) is -4.45. The van der Waals surface area contributed by atoms with Crippen molar-refractivity contribution in [3.63, 3.8) is 0 Å². The largest absolute Gasteiger partial charge is 0.416 e. The molecule has 0 fully saturated rings. The van der Waals surface area contributed by atoms with Crippen LogP contribution in [0, 0.1) is 0 Å². The predicted octanol–water partition coefficient (Wildman–Crippen LogP) is 4.88. The molecule has 0 saturated carbocycles. The van der Waals surface area contributed by atoms with Crippen LogP contribution in [0.3, 0.4) is 0 Å². The van der Waals surface area contributed by atoms with E-state index in [2.05, 4.69) is 5.32 Å². The van der Waals surface area contributed by atoms with Gasteiger partial charge < -0.3 is 14.4 Å². The van der Waals surface area contributed by atoms with Crippen molar-refractivity contribution in [1.82, 2.24) is 4.90 Å². The number of rotatable bonds is 7. The number of carbonyl (C=O) groups excluding carboxylic acids is 1. The van der Waals surface area contributed by atoms with Crippen molar-refractivity contribution in [3.05, 3.63) is 59.7 Å². The minimum absolute atomic E-state index is 0.140. The van der Waals surface area contributed by atoms with Crippen LogP contribution in [0.1, 0.15) is 31.9 Å². The molecule has 0 aromatic heterocycles. The van der Waals surface area contributed by atoms with Gasteiger partial charge in [0.05, 0.1) is 11.3 Å². The molecule has 0 bridgehead atoms. The summed E-state index contributed by atoms with van der Waals surface area (Å²) in [6.45, 7) is 5.18. The number of nitrogens with zero attached hydrogens (tertiary/aromatic N) is 1. The number of halogens is 3. The summed E-state index contributed by atoms with van der Waals surface area (Å²) in [5.74, 6) is -0.0357. The van der Waals surface area contributed by atoms with Crippen LogP contribution in [0.2, 0.25) is 0 Å². The van der Waals surface area contributed by atoms with Gasteiger partial charge in [0.15, 0.2) is 0 Å². The van der Waals surface area contributed by atoms with Gasteiger partial charge in [0, 0.05) is 18.3 Å². The number of anilines is 1. The van der Waals surface area contributed by atoms with Crippen LogP contribution < -0.4 is 9.50 Å². The molecule has 0 atom stereocenters. The molecule has 2 rings (SSSR count). The maximum Gasteiger partial charge on any atom is 0.416 e. The fourth-order valence-electron chi connectivity index (χ4n) is 2.52. The second kappa shape index (κ2) is 9.38. The molecule has 0 aliphatic heterocycles. The summed E-state index contributed by atoms with van der Waals surface area (Å²) in [6, 6.07) is 9.77. The lowest BCUT2D eigenvalue weighted by molar-refractivity contribution is -0.137. The highest BCUT2D eigenvalue weighted by Gasteiger charge is 2.30. The molecule has 0 aliphatic rings. The molecule has 1 N–H and O–H groups in total. The monoisotopic (exact) mass is 444 g/mol. The number of hydrogen-bond donors (Lipinski definition) is 1. The molecule has 2 aromatic carbocycles. The number of amides is 2. The summed E-state index contributed by atoms with van der Waals surface area (Å²) < 4.78 is 66.3. The molecule has 0 unspecified atom stereocenters. The SMILES string of the molecule is CCS(=O)(=O)Oc1cccc(CN(C(=O)Nc2ccc(C(F)(F)F)cc2)C(C)C)c1. The van der Waals surface area contributed by atoms with Crippen molar-refractivity contribution < 1.29 is 30.6 Å². The van der Waals surface area contributed by atoms with Crippen LogP contribution in [0.15, 0.2) is 48.5 Å². The van der Waals surface area contributed by atoms with Gasteiger partial charge in [-0.1, -0.05) is 12.1 Å². The van der Waals surface area contributed by atoms with Crippen LogP contribution in [0.4, 0.5) is 23.7 Å². The quantitative estimate of drug-likeness (QED) is 0.618. The first-order chi connectivity index (χ1) is 13.9. The maximum absolute atomic E-state index is 12.7. The highest BCUT2D eigenvalue weighted by molar-refractivity contribution is 7.87. The lowest BCUT2D eigenvalue weighted by atomic mass is 10.2. The first-order valence-corrected chi connectivity index (χ1v) is 10.7. The Balaban J connectivity index is 2.13. The Morgan fingerprint density at radius 3 is 2.30 bits per heavy atom. The molecule has 30 heavy (non-hydrogen) atoms. The van der Waals surface area contributed by atoms with E-state index >= 15 is 0 Å². The zero-order valence-corrected chi connectivity index (χ0v) is 17.5. The standard InChI is InChI=1S/C20H23F3N2O4S/c1-4-30(27,28)29-18-7-5-6-15(12-18)13-25(14(2)3)19(26)24-17-10-8-16(9-11-17)20(21,22)23/h5-12,14H,4,13H2,1-3H3,(H,24,26). The van der Waals surface area contributed by atoms with E-state index in [-0.39, 0.29) is 29.8 Å². The Bertz CT molecular complexity index is 974. The van der Waals surface area contributed by atoms with E-state index in [0.29, 0.717) is 5.56 Å². The van der Waals surface area contributed by atoms with Gasteiger partial charge in [0.1, 0.15) is 5.75 Å². The number of hydrogen-bond acceptors (Lipinski definition) is 4. The summed E-state index contributed by atoms with van der Waals surface area (Å²) >= 11 is 0. The minimum Gasteiger partial charge on any atom is -0.382 e. The number of nitrogens with one attached hydrogen (secondary N) is 1. The van der Waals surface area contributed by atoms with Gasteiger partial charge in [0.2, 0.25) is 0 Å². The smallest absolute Gasteiger partial charge is 0.382 e. The van der Waals surface area contributed by atoms with Crippen molar-refractivity contribution in [2.45, 2.75) is 39.5 Å². The van der Waals surface area contributed by atoms with Gasteiger partial charge in [-0.15, -0.1) is 0 Å². The molecule has 2 amide bonds. The van der Waals surface area contributed by atoms with E-state index in [1.54, 1.807) is 26.0 Å². The zero-order valence-electron chi connectivity index (χ0n) is 16.7. The molecule has 0 saturated heterocycles. The van der Waals surface area contributed by atoms with E-state index in [9.17, 15) is 26.4 Å². The van der Waals surface area contributed by atoms with Crippen molar-refractivity contribution in [2.75, 3.05) is 11.1 Å². The maximum atomic E-state index is 12.7. The molecule has 0 radical (unpaired) electrons. The first-order valence-electron chi connectivity index (χ1n) is 9.17. The van der Waals surface area contributed by atoms with Crippen molar-refractivity contribution in [2.24, 2.45) is 0 Å². The van der Waals surface area contributed by atoms with Crippen LogP contribution >= 0.6 is 0 Å². The Labute approximate surface area is 173 Å². The van der Waals surface area contributed by atoms with Crippen LogP contribution in [-0.4, -0.2) is 31.1 Å². The minimum atomic E-state index is -4.45. The van der Waals surface area contributed by atoms with E-state index in [0.717, 1.165) is 12.1 Å². The molecule has 6 nitrogen and oxygen atoms in total. The van der Waals surface area contributed by atoms with E-state index in [1.165, 1.54) is 36.1 Å². The van der Waals surface area contributed by atoms with Gasteiger partial charge in [-0.25, -0.2) is 4.79 Å². The molecule has 0 aliphatic carbocycles. The summed E-state index contributed by atoms with van der Waals surface area (Å²) in [5.41, 5.74) is 0.0555. The lowest BCUT2D eigenvalue weighted by Gasteiger charge is -2.27. The first kappa shape index (κ1) is 23.5. The summed E-state index contributed by atoms with van der Waals surface area (Å²) in [7, 11) is -3.68. The Hall–Kier alpha value is -2.75. The highest BCUT2D eigenvalue weighted by atomic mass is 32.2. The number of carbonyl (C=O) groups is 1. The number of benzene rings is 2. The molecule has 2 aromatic rings. The number of alkyl halides is 3. The van der Waals surface area contributed by atoms with E-state index < -0.39 is 27.9 Å². The third-order valence-corrected chi connectivity index (χ3v) is 5.33. The van der Waals surface area contributed by atoms with Gasteiger partial charge in [-0.05, 0) is 62.7 Å². The van der Waals surface area contributed by atoms with Crippen molar-refractivity contribution in [3.8, 4) is 5.75 Å². The Morgan fingerprint density at radius 1 is 1.13 bits per heavy atom. The van der Waals surface area contributed by atoms with Gasteiger partial charge in [0.25, 0.3) is 0 Å². The molecule has 0 heterocycles. The molecule has 10 heteroatoms. The van der Waals surface area contributed by atoms with Crippen LogP contribution in [0.5, 0.6) is 5.75 Å². The lowest BCUT2D eigenvalue weighted by Crippen LogP contribution is -2.39. The highest BCUT2D eigenvalue weighted by Crippen LogP contribution is 2.30. The summed E-state index contributed by atoms with van der Waals surface area (Å²) in [5, 5.41) is 2.58. The number of urea groups is 1. The predicted molar refractivity (Wildman–Crippen MR) is 108 cm³/mol. The fourth-order valence-corrected chi connectivity index (χ4v) is 3.04. The third kappa shape index (κ3) is 6.65. The van der Waals surface area contributed by atoms with Crippen molar-refractivity contribution >= 4 is 21.8 Å². The second-order valence-corrected chi connectivity index (χ2v) is 8.66. The molecule has 164 valence electrons. The normalized spacial score (nSPS) is 12.0. The van der Waals surface area contributed by atoms with E-state index in [4.69, 9.17) is 4.18 Å². The molecular formula is C20H23F3N2O4S. The molecular weight excluding hydrogens is 421 g/mol. The van der Waals surface area contributed by atoms with Gasteiger partial charge in [-0.2, -0.15) is 21.6 Å². The average molecular weight is 444 g/mol. The van der Waals surface area contributed by atoms with Crippen LogP contribution in [0.25, 0.3) is 0 Å². The van der Waals surface area contributed by atoms with Gasteiger partial charge >= 0.3 is 22.3 Å². The zero-order chi connectivity index (χ0) is 22.5. The summed E-state index contributed by atoms with van der Waals surface area (Å²) in [4.78, 5) is 14.1. The topological polar surface area (TPSA) is 75.7 Å². The van der Waals surface area contributed by atoms with E-state index in [1.807, 2.05) is 0 Å². The second-order valence-electron chi connectivity index (χ2n) is 6.80. The van der Waals surface area contributed by atoms with Gasteiger partial charge in [-0.3, -0.25) is 0 Å². The molecule has 0 spiro atoms. The van der Waals surface area contributed by atoms with Crippen LogP contribution in [-0.2, 0) is 22.8 Å². The Morgan fingerprint density at radius 2 is 1.77 bits per heavy atom. The average Bonchev–Trinajstić information content (AvgIpc) is 2.65. The Kier molecular flexibility index (Phi) is 7.35.